The molecule has 0 amide bonds. The van der Waals surface area contributed by atoms with E-state index in [1.807, 2.05) is 36.4 Å². The molecule has 1 aliphatic rings. The van der Waals surface area contributed by atoms with E-state index < -0.39 is 0 Å². The van der Waals surface area contributed by atoms with E-state index in [2.05, 4.69) is 36.9 Å². The van der Waals surface area contributed by atoms with Crippen molar-refractivity contribution in [1.29, 1.82) is 0 Å². The van der Waals surface area contributed by atoms with Crippen LogP contribution in [0.3, 0.4) is 0 Å². The third-order valence-corrected chi connectivity index (χ3v) is 6.20. The van der Waals surface area contributed by atoms with Crippen LogP contribution in [0.1, 0.15) is 55.5 Å². The molecule has 2 aromatic carbocycles. The van der Waals surface area contributed by atoms with Gasteiger partial charge in [-0.25, -0.2) is 0 Å². The number of hydrogen-bond donors (Lipinski definition) is 0. The number of piperidine rings is 1. The maximum Gasteiger partial charge on any atom is 0.176 e. The molecular weight excluding hydrogens is 334 g/mol. The molecule has 3 nitrogen and oxygen atoms in total. The molecule has 0 aliphatic carbocycles. The minimum atomic E-state index is 0.0680. The van der Waals surface area contributed by atoms with Crippen LogP contribution < -0.4 is 4.74 Å². The number of ether oxygens (including phenoxy) is 1. The van der Waals surface area contributed by atoms with Gasteiger partial charge >= 0.3 is 0 Å². The molecule has 3 heteroatoms. The third kappa shape index (κ3) is 4.08. The smallest absolute Gasteiger partial charge is 0.176 e. The summed E-state index contributed by atoms with van der Waals surface area (Å²) in [7, 11) is 1.72. The normalized spacial score (nSPS) is 23.1. The Morgan fingerprint density at radius 3 is 2.67 bits per heavy atom. The third-order valence-electron chi connectivity index (χ3n) is 6.20. The molecule has 2 unspecified atom stereocenters. The van der Waals surface area contributed by atoms with E-state index in [4.69, 9.17) is 4.74 Å². The number of hydrogen-bond acceptors (Lipinski definition) is 3. The van der Waals surface area contributed by atoms with Crippen LogP contribution >= 0.6 is 0 Å². The van der Waals surface area contributed by atoms with Crippen LogP contribution in [-0.4, -0.2) is 36.9 Å². The van der Waals surface area contributed by atoms with Crippen molar-refractivity contribution >= 4 is 5.78 Å². The largest absolute Gasteiger partial charge is 0.497 e. The molecule has 0 bridgehead atoms. The Kier molecular flexibility index (Phi) is 6.33. The molecule has 27 heavy (non-hydrogen) atoms. The van der Waals surface area contributed by atoms with Crippen LogP contribution in [-0.2, 0) is 5.41 Å². The van der Waals surface area contributed by atoms with Gasteiger partial charge in [0.1, 0.15) is 5.75 Å². The number of ketones is 1. The Labute approximate surface area is 163 Å². The van der Waals surface area contributed by atoms with Crippen molar-refractivity contribution in [2.24, 2.45) is 0 Å². The number of benzene rings is 2. The molecule has 1 aliphatic heterocycles. The van der Waals surface area contributed by atoms with Gasteiger partial charge in [0, 0.05) is 17.0 Å². The summed E-state index contributed by atoms with van der Waals surface area (Å²) in [4.78, 5) is 15.2. The molecule has 1 heterocycles. The second-order valence-corrected chi connectivity index (χ2v) is 7.68. The van der Waals surface area contributed by atoms with Crippen LogP contribution in [0.5, 0.6) is 5.75 Å². The van der Waals surface area contributed by atoms with Crippen molar-refractivity contribution in [2.45, 2.75) is 51.0 Å². The first kappa shape index (κ1) is 19.6. The molecule has 3 rings (SSSR count). The van der Waals surface area contributed by atoms with Gasteiger partial charge in [0.15, 0.2) is 5.78 Å². The van der Waals surface area contributed by atoms with Crippen LogP contribution in [0, 0.1) is 0 Å². The predicted octanol–water partition coefficient (Wildman–Crippen LogP) is 5.10. The molecule has 1 fully saturated rings. The summed E-state index contributed by atoms with van der Waals surface area (Å²) >= 11 is 0. The Bertz CT molecular complexity index is 754. The summed E-state index contributed by atoms with van der Waals surface area (Å²) in [6.07, 6.45) is 4.52. The molecule has 0 spiro atoms. The Hall–Kier alpha value is -2.13. The lowest BCUT2D eigenvalue weighted by molar-refractivity contribution is 0.0601. The average molecular weight is 366 g/mol. The fourth-order valence-corrected chi connectivity index (χ4v) is 4.71. The Morgan fingerprint density at radius 1 is 1.19 bits per heavy atom. The molecule has 0 radical (unpaired) electrons. The highest BCUT2D eigenvalue weighted by atomic mass is 16.5. The number of Topliss-reactive ketones (excluding diaryl/α,β-unsaturated/α-hetero) is 1. The monoisotopic (exact) mass is 365 g/mol. The van der Waals surface area contributed by atoms with Crippen LogP contribution in [0.4, 0.5) is 0 Å². The second kappa shape index (κ2) is 8.71. The standard InChI is InChI=1S/C24H31NO2/c1-4-14-24(21-12-8-13-22(17-21)27-3)15-9-16-25(19(24)2)18-23(26)20-10-6-5-7-11-20/h5-8,10-13,17,19H,4,9,14-16,18H2,1-3H3. The van der Waals surface area contributed by atoms with E-state index in [9.17, 15) is 4.79 Å². The maximum absolute atomic E-state index is 12.8. The van der Waals surface area contributed by atoms with E-state index >= 15 is 0 Å². The minimum Gasteiger partial charge on any atom is -0.497 e. The lowest BCUT2D eigenvalue weighted by Gasteiger charge is -2.49. The topological polar surface area (TPSA) is 29.5 Å². The van der Waals surface area contributed by atoms with Crippen molar-refractivity contribution in [1.82, 2.24) is 4.90 Å². The number of rotatable bonds is 7. The summed E-state index contributed by atoms with van der Waals surface area (Å²) in [6, 6.07) is 18.5. The summed E-state index contributed by atoms with van der Waals surface area (Å²) in [6.45, 7) is 6.02. The highest BCUT2D eigenvalue weighted by Crippen LogP contribution is 2.43. The van der Waals surface area contributed by atoms with Gasteiger partial charge in [0.05, 0.1) is 13.7 Å². The molecule has 1 saturated heterocycles. The van der Waals surface area contributed by atoms with Gasteiger partial charge in [-0.3, -0.25) is 9.69 Å². The summed E-state index contributed by atoms with van der Waals surface area (Å²) in [5, 5.41) is 0. The summed E-state index contributed by atoms with van der Waals surface area (Å²) in [5.74, 6) is 1.12. The zero-order chi connectivity index (χ0) is 19.3. The molecule has 0 saturated carbocycles. The molecule has 0 aromatic heterocycles. The fraction of sp³-hybridized carbons (Fsp3) is 0.458. The minimum absolute atomic E-state index is 0.0680. The van der Waals surface area contributed by atoms with Crippen molar-refractivity contribution in [3.05, 3.63) is 65.7 Å². The molecule has 0 N–H and O–H groups in total. The summed E-state index contributed by atoms with van der Waals surface area (Å²) in [5.41, 5.74) is 2.21. The average Bonchev–Trinajstić information content (AvgIpc) is 2.71. The van der Waals surface area contributed by atoms with Crippen molar-refractivity contribution in [3.8, 4) is 5.75 Å². The van der Waals surface area contributed by atoms with Crippen molar-refractivity contribution in [2.75, 3.05) is 20.2 Å². The van der Waals surface area contributed by atoms with Crippen LogP contribution in [0.2, 0.25) is 0 Å². The van der Waals surface area contributed by atoms with E-state index in [0.29, 0.717) is 12.6 Å². The lowest BCUT2D eigenvalue weighted by Crippen LogP contribution is -2.54. The van der Waals surface area contributed by atoms with E-state index in [0.717, 1.165) is 43.5 Å². The number of methoxy groups -OCH3 is 1. The zero-order valence-electron chi connectivity index (χ0n) is 16.8. The first-order valence-electron chi connectivity index (χ1n) is 10.1. The van der Waals surface area contributed by atoms with Crippen molar-refractivity contribution in [3.63, 3.8) is 0 Å². The highest BCUT2D eigenvalue weighted by molar-refractivity contribution is 5.97. The van der Waals surface area contributed by atoms with Gasteiger partial charge in [-0.15, -0.1) is 0 Å². The van der Waals surface area contributed by atoms with E-state index in [1.165, 1.54) is 5.56 Å². The number of carbonyl (C=O) groups excluding carboxylic acids is 1. The fourth-order valence-electron chi connectivity index (χ4n) is 4.71. The van der Waals surface area contributed by atoms with E-state index in [-0.39, 0.29) is 11.2 Å². The molecule has 144 valence electrons. The van der Waals surface area contributed by atoms with Crippen LogP contribution in [0.25, 0.3) is 0 Å². The molecule has 2 atom stereocenters. The number of carbonyl (C=O) groups is 1. The van der Waals surface area contributed by atoms with E-state index in [1.54, 1.807) is 7.11 Å². The van der Waals surface area contributed by atoms with Gasteiger partial charge < -0.3 is 4.74 Å². The quantitative estimate of drug-likeness (QED) is 0.639. The number of nitrogens with zero attached hydrogens (tertiary/aromatic N) is 1. The highest BCUT2D eigenvalue weighted by Gasteiger charge is 2.43. The Morgan fingerprint density at radius 2 is 1.96 bits per heavy atom. The van der Waals surface area contributed by atoms with Gasteiger partial charge in [0.25, 0.3) is 0 Å². The summed E-state index contributed by atoms with van der Waals surface area (Å²) < 4.78 is 5.49. The first-order valence-corrected chi connectivity index (χ1v) is 10.1. The molecule has 2 aromatic rings. The van der Waals surface area contributed by atoms with Gasteiger partial charge in [-0.2, -0.15) is 0 Å². The van der Waals surface area contributed by atoms with Gasteiger partial charge in [-0.1, -0.05) is 55.8 Å². The first-order chi connectivity index (χ1) is 13.1. The van der Waals surface area contributed by atoms with Crippen molar-refractivity contribution < 1.29 is 9.53 Å². The van der Waals surface area contributed by atoms with Crippen LogP contribution in [0.15, 0.2) is 54.6 Å². The predicted molar refractivity (Wildman–Crippen MR) is 111 cm³/mol. The van der Waals surface area contributed by atoms with Gasteiger partial charge in [-0.05, 0) is 50.4 Å². The van der Waals surface area contributed by atoms with Gasteiger partial charge in [0.2, 0.25) is 0 Å². The SMILES string of the molecule is CCCC1(c2cccc(OC)c2)CCCN(CC(=O)c2ccccc2)C1C. The number of likely N-dealkylation sites (tertiary alicyclic amines) is 1. The zero-order valence-corrected chi connectivity index (χ0v) is 16.8. The maximum atomic E-state index is 12.8. The lowest BCUT2D eigenvalue weighted by atomic mass is 9.66. The second-order valence-electron chi connectivity index (χ2n) is 7.68. The molecular formula is C24H31NO2. The Balaban J connectivity index is 1.87.